The van der Waals surface area contributed by atoms with E-state index in [1.165, 1.54) is 6.07 Å². The Balaban J connectivity index is 2.31. The van der Waals surface area contributed by atoms with Gasteiger partial charge in [-0.25, -0.2) is 0 Å². The van der Waals surface area contributed by atoms with Gasteiger partial charge < -0.3 is 0 Å². The number of nitriles is 1. The SMILES string of the molecule is Cc1c(CC2(C#N)CCC(C)C2)cccc1[N+](=O)[O-]. The molecule has 1 aliphatic rings. The van der Waals surface area contributed by atoms with Crippen LogP contribution in [0.4, 0.5) is 5.69 Å². The number of hydrogen-bond acceptors (Lipinski definition) is 3. The summed E-state index contributed by atoms with van der Waals surface area (Å²) in [6, 6.07) is 7.60. The second kappa shape index (κ2) is 5.00. The summed E-state index contributed by atoms with van der Waals surface area (Å²) in [6.07, 6.45) is 3.49. The van der Waals surface area contributed by atoms with E-state index in [1.54, 1.807) is 13.0 Å². The van der Waals surface area contributed by atoms with E-state index in [9.17, 15) is 15.4 Å². The molecule has 100 valence electrons. The Morgan fingerprint density at radius 1 is 1.58 bits per heavy atom. The molecule has 0 N–H and O–H groups in total. The second-order valence-corrected chi connectivity index (χ2v) is 5.74. The quantitative estimate of drug-likeness (QED) is 0.612. The number of rotatable bonds is 3. The van der Waals surface area contributed by atoms with Crippen molar-refractivity contribution in [3.63, 3.8) is 0 Å². The zero-order chi connectivity index (χ0) is 14.0. The number of nitro benzene ring substituents is 1. The van der Waals surface area contributed by atoms with Gasteiger partial charge in [-0.05, 0) is 44.1 Å². The topological polar surface area (TPSA) is 66.9 Å². The van der Waals surface area contributed by atoms with Gasteiger partial charge in [0.15, 0.2) is 0 Å². The first-order chi connectivity index (χ1) is 8.97. The molecule has 1 aromatic rings. The average Bonchev–Trinajstić information content (AvgIpc) is 2.74. The molecule has 4 nitrogen and oxygen atoms in total. The lowest BCUT2D eigenvalue weighted by molar-refractivity contribution is -0.385. The molecule has 1 aliphatic carbocycles. The highest BCUT2D eigenvalue weighted by atomic mass is 16.6. The van der Waals surface area contributed by atoms with Gasteiger partial charge in [-0.15, -0.1) is 0 Å². The summed E-state index contributed by atoms with van der Waals surface area (Å²) in [6.45, 7) is 3.94. The van der Waals surface area contributed by atoms with E-state index in [4.69, 9.17) is 0 Å². The summed E-state index contributed by atoms with van der Waals surface area (Å²) < 4.78 is 0. The van der Waals surface area contributed by atoms with Crippen molar-refractivity contribution >= 4 is 5.69 Å². The van der Waals surface area contributed by atoms with Gasteiger partial charge in [0, 0.05) is 11.6 Å². The zero-order valence-electron chi connectivity index (χ0n) is 11.3. The molecule has 0 heterocycles. The Bertz CT molecular complexity index is 548. The third-order valence-electron chi connectivity index (χ3n) is 4.23. The first-order valence-corrected chi connectivity index (χ1v) is 6.61. The van der Waals surface area contributed by atoms with Crippen LogP contribution in [-0.4, -0.2) is 4.92 Å². The fourth-order valence-corrected chi connectivity index (χ4v) is 3.12. The fraction of sp³-hybridized carbons (Fsp3) is 0.533. The largest absolute Gasteiger partial charge is 0.272 e. The molecular weight excluding hydrogens is 240 g/mol. The van der Waals surface area contributed by atoms with E-state index in [1.807, 2.05) is 6.07 Å². The Morgan fingerprint density at radius 2 is 2.32 bits per heavy atom. The van der Waals surface area contributed by atoms with Crippen molar-refractivity contribution < 1.29 is 4.92 Å². The van der Waals surface area contributed by atoms with Crippen LogP contribution in [0.5, 0.6) is 0 Å². The summed E-state index contributed by atoms with van der Waals surface area (Å²) in [5, 5.41) is 20.4. The van der Waals surface area contributed by atoms with Gasteiger partial charge >= 0.3 is 0 Å². The van der Waals surface area contributed by atoms with Crippen LogP contribution in [0.2, 0.25) is 0 Å². The molecule has 19 heavy (non-hydrogen) atoms. The lowest BCUT2D eigenvalue weighted by Gasteiger charge is -2.21. The maximum atomic E-state index is 11.0. The fourth-order valence-electron chi connectivity index (χ4n) is 3.12. The molecule has 1 saturated carbocycles. The van der Waals surface area contributed by atoms with Crippen LogP contribution in [0, 0.1) is 39.7 Å². The van der Waals surface area contributed by atoms with Crippen LogP contribution in [0.3, 0.4) is 0 Å². The minimum atomic E-state index is -0.352. The second-order valence-electron chi connectivity index (χ2n) is 5.74. The number of benzene rings is 1. The minimum Gasteiger partial charge on any atom is -0.258 e. The zero-order valence-corrected chi connectivity index (χ0v) is 11.3. The molecule has 1 fully saturated rings. The number of nitro groups is 1. The van der Waals surface area contributed by atoms with Gasteiger partial charge in [-0.2, -0.15) is 5.26 Å². The van der Waals surface area contributed by atoms with E-state index >= 15 is 0 Å². The van der Waals surface area contributed by atoms with Crippen LogP contribution in [0.15, 0.2) is 18.2 Å². The lowest BCUT2D eigenvalue weighted by Crippen LogP contribution is -2.18. The van der Waals surface area contributed by atoms with Crippen molar-refractivity contribution in [2.24, 2.45) is 11.3 Å². The van der Waals surface area contributed by atoms with Crippen molar-refractivity contribution in [2.45, 2.75) is 39.5 Å². The van der Waals surface area contributed by atoms with Gasteiger partial charge in [0.1, 0.15) is 0 Å². The Kier molecular flexibility index (Phi) is 3.57. The van der Waals surface area contributed by atoms with Crippen LogP contribution in [-0.2, 0) is 6.42 Å². The molecule has 1 aromatic carbocycles. The molecule has 0 radical (unpaired) electrons. The van der Waals surface area contributed by atoms with Crippen LogP contribution in [0.1, 0.15) is 37.3 Å². The molecule has 2 rings (SSSR count). The van der Waals surface area contributed by atoms with E-state index in [0.29, 0.717) is 17.9 Å². The monoisotopic (exact) mass is 258 g/mol. The summed E-state index contributed by atoms with van der Waals surface area (Å²) >= 11 is 0. The maximum absolute atomic E-state index is 11.0. The predicted octanol–water partition coefficient (Wildman–Crippen LogP) is 3.78. The van der Waals surface area contributed by atoms with E-state index in [2.05, 4.69) is 13.0 Å². The lowest BCUT2D eigenvalue weighted by atomic mass is 9.79. The molecular formula is C15H18N2O2. The van der Waals surface area contributed by atoms with Crippen molar-refractivity contribution in [3.05, 3.63) is 39.4 Å². The van der Waals surface area contributed by atoms with Gasteiger partial charge in [-0.1, -0.05) is 19.1 Å². The van der Waals surface area contributed by atoms with E-state index in [0.717, 1.165) is 24.8 Å². The Hall–Kier alpha value is -1.89. The highest BCUT2D eigenvalue weighted by Crippen LogP contribution is 2.44. The minimum absolute atomic E-state index is 0.150. The normalized spacial score (nSPS) is 26.1. The van der Waals surface area contributed by atoms with Gasteiger partial charge in [-0.3, -0.25) is 10.1 Å². The molecule has 2 atom stereocenters. The standard InChI is InChI=1S/C15H18N2O2/c1-11-6-7-15(8-11,10-16)9-13-4-3-5-14(12(13)2)17(18)19/h3-5,11H,6-9H2,1-2H3. The maximum Gasteiger partial charge on any atom is 0.272 e. The van der Waals surface area contributed by atoms with Gasteiger partial charge in [0.2, 0.25) is 0 Å². The van der Waals surface area contributed by atoms with E-state index < -0.39 is 0 Å². The number of hydrogen-bond donors (Lipinski definition) is 0. The van der Waals surface area contributed by atoms with E-state index in [-0.39, 0.29) is 16.0 Å². The molecule has 0 amide bonds. The van der Waals surface area contributed by atoms with Crippen LogP contribution in [0.25, 0.3) is 0 Å². The highest BCUT2D eigenvalue weighted by molar-refractivity contribution is 5.45. The summed E-state index contributed by atoms with van der Waals surface area (Å²) in [7, 11) is 0. The smallest absolute Gasteiger partial charge is 0.258 e. The first-order valence-electron chi connectivity index (χ1n) is 6.61. The van der Waals surface area contributed by atoms with Crippen molar-refractivity contribution in [3.8, 4) is 6.07 Å². The highest BCUT2D eigenvalue weighted by Gasteiger charge is 2.38. The average molecular weight is 258 g/mol. The van der Waals surface area contributed by atoms with Gasteiger partial charge in [0.05, 0.1) is 16.4 Å². The molecule has 0 aliphatic heterocycles. The molecule has 2 unspecified atom stereocenters. The van der Waals surface area contributed by atoms with Crippen LogP contribution >= 0.6 is 0 Å². The third-order valence-corrected chi connectivity index (χ3v) is 4.23. The predicted molar refractivity (Wildman–Crippen MR) is 72.6 cm³/mol. The van der Waals surface area contributed by atoms with Gasteiger partial charge in [0.25, 0.3) is 5.69 Å². The number of nitrogens with zero attached hydrogens (tertiary/aromatic N) is 2. The summed E-state index contributed by atoms with van der Waals surface area (Å²) in [5.41, 5.74) is 1.45. The van der Waals surface area contributed by atoms with Crippen LogP contribution < -0.4 is 0 Å². The Labute approximate surface area is 113 Å². The molecule has 0 bridgehead atoms. The van der Waals surface area contributed by atoms with Crippen molar-refractivity contribution in [2.75, 3.05) is 0 Å². The molecule has 0 spiro atoms. The van der Waals surface area contributed by atoms with Crippen molar-refractivity contribution in [1.29, 1.82) is 5.26 Å². The summed E-state index contributed by atoms with van der Waals surface area (Å²) in [5.74, 6) is 0.568. The Morgan fingerprint density at radius 3 is 2.84 bits per heavy atom. The summed E-state index contributed by atoms with van der Waals surface area (Å²) in [4.78, 5) is 10.6. The molecule has 0 aromatic heterocycles. The molecule has 4 heteroatoms. The molecule has 0 saturated heterocycles. The first kappa shape index (κ1) is 13.5. The van der Waals surface area contributed by atoms with Crippen molar-refractivity contribution in [1.82, 2.24) is 0 Å². The third kappa shape index (κ3) is 2.60.